The molecule has 0 aromatic heterocycles. The van der Waals surface area contributed by atoms with Gasteiger partial charge in [0.05, 0.1) is 0 Å². The third-order valence-electron chi connectivity index (χ3n) is 5.83. The van der Waals surface area contributed by atoms with Crippen LogP contribution in [0.3, 0.4) is 0 Å². The molecule has 2 heteroatoms. The maximum atomic E-state index is 6.54. The fraction of sp³-hybridized carbons (Fsp3) is 0.625. The van der Waals surface area contributed by atoms with Crippen molar-refractivity contribution in [3.8, 4) is 5.75 Å². The van der Waals surface area contributed by atoms with Crippen LogP contribution in [-0.4, -0.2) is 30.1 Å². The highest BCUT2D eigenvalue weighted by Crippen LogP contribution is 2.55. The van der Waals surface area contributed by atoms with Crippen molar-refractivity contribution in [1.82, 2.24) is 4.90 Å². The van der Waals surface area contributed by atoms with E-state index in [9.17, 15) is 0 Å². The summed E-state index contributed by atoms with van der Waals surface area (Å²) in [7, 11) is 0. The van der Waals surface area contributed by atoms with E-state index < -0.39 is 0 Å². The van der Waals surface area contributed by atoms with E-state index in [0.29, 0.717) is 0 Å². The first-order chi connectivity index (χ1) is 8.83. The smallest absolute Gasteiger partial charge is 0.123 e. The van der Waals surface area contributed by atoms with Crippen molar-refractivity contribution in [1.29, 1.82) is 0 Å². The lowest BCUT2D eigenvalue weighted by Gasteiger charge is -2.60. The summed E-state index contributed by atoms with van der Waals surface area (Å²) < 4.78 is 6.54. The van der Waals surface area contributed by atoms with Gasteiger partial charge in [-0.1, -0.05) is 18.2 Å². The van der Waals surface area contributed by atoms with E-state index in [0.717, 1.165) is 17.8 Å². The Balaban J connectivity index is 1.58. The highest BCUT2D eigenvalue weighted by atomic mass is 16.5. The monoisotopic (exact) mass is 241 g/mol. The Kier molecular flexibility index (Phi) is 1.70. The van der Waals surface area contributed by atoms with Crippen LogP contribution < -0.4 is 4.74 Å². The molecule has 4 heterocycles. The van der Waals surface area contributed by atoms with Crippen molar-refractivity contribution < 1.29 is 4.74 Å². The van der Waals surface area contributed by atoms with Gasteiger partial charge >= 0.3 is 0 Å². The lowest BCUT2D eigenvalue weighted by atomic mass is 9.58. The SMILES string of the molecule is c1ccc2c(c1)CC1(O2)[C@@H]2CC3C[C@H]1CN(C3)C2. The van der Waals surface area contributed by atoms with E-state index in [-0.39, 0.29) is 5.60 Å². The van der Waals surface area contributed by atoms with Gasteiger partial charge in [0.2, 0.25) is 0 Å². The van der Waals surface area contributed by atoms with Crippen molar-refractivity contribution in [3.63, 3.8) is 0 Å². The maximum Gasteiger partial charge on any atom is 0.123 e. The second kappa shape index (κ2) is 3.11. The van der Waals surface area contributed by atoms with Gasteiger partial charge in [-0.3, -0.25) is 0 Å². The third kappa shape index (κ3) is 1.08. The summed E-state index contributed by atoms with van der Waals surface area (Å²) in [5.41, 5.74) is 1.61. The summed E-state index contributed by atoms with van der Waals surface area (Å²) in [6, 6.07) is 8.68. The Morgan fingerprint density at radius 1 is 1.06 bits per heavy atom. The molecule has 0 radical (unpaired) electrons. The number of piperidine rings is 3. The number of ether oxygens (including phenoxy) is 1. The number of nitrogens with zero attached hydrogens (tertiary/aromatic N) is 1. The van der Waals surface area contributed by atoms with Crippen LogP contribution in [0, 0.1) is 17.8 Å². The minimum Gasteiger partial charge on any atom is -0.486 e. The number of benzene rings is 1. The second-order valence-corrected chi connectivity index (χ2v) is 6.79. The average Bonchev–Trinajstić information content (AvgIpc) is 2.75. The van der Waals surface area contributed by atoms with Crippen LogP contribution in [0.15, 0.2) is 24.3 Å². The summed E-state index contributed by atoms with van der Waals surface area (Å²) in [6.07, 6.45) is 3.97. The average molecular weight is 241 g/mol. The molecule has 4 fully saturated rings. The first kappa shape index (κ1) is 9.85. The molecule has 18 heavy (non-hydrogen) atoms. The molecule has 5 atom stereocenters. The van der Waals surface area contributed by atoms with Crippen LogP contribution in [0.25, 0.3) is 0 Å². The standard InChI is InChI=1S/C16H19NO/c1-2-4-15-12(3-1)7-16(18-15)13-5-11-6-14(16)10-17(8-11)9-13/h1-4,11,13-14H,5-10H2/t11?,13-,14+,16?. The van der Waals surface area contributed by atoms with E-state index in [1.807, 2.05) is 0 Å². The molecule has 1 aromatic carbocycles. The fourth-order valence-electron chi connectivity index (χ4n) is 5.20. The molecular formula is C16H19NO. The predicted octanol–water partition coefficient (Wildman–Crippen LogP) is 2.33. The van der Waals surface area contributed by atoms with E-state index >= 15 is 0 Å². The van der Waals surface area contributed by atoms with Crippen LogP contribution in [0.1, 0.15) is 18.4 Å². The Hall–Kier alpha value is -1.02. The van der Waals surface area contributed by atoms with Gasteiger partial charge in [0.15, 0.2) is 0 Å². The van der Waals surface area contributed by atoms with Crippen molar-refractivity contribution in [2.24, 2.45) is 17.8 Å². The van der Waals surface area contributed by atoms with Crippen LogP contribution in [0.5, 0.6) is 5.75 Å². The largest absolute Gasteiger partial charge is 0.486 e. The Morgan fingerprint density at radius 2 is 1.83 bits per heavy atom. The molecule has 4 bridgehead atoms. The molecule has 1 spiro atoms. The number of hydrogen-bond donors (Lipinski definition) is 0. The van der Waals surface area contributed by atoms with Gasteiger partial charge in [-0.15, -0.1) is 0 Å². The van der Waals surface area contributed by atoms with E-state index in [4.69, 9.17) is 4.74 Å². The minimum absolute atomic E-state index is 0.164. The number of fused-ring (bicyclic) bond motifs is 1. The summed E-state index contributed by atoms with van der Waals surface area (Å²) in [5.74, 6) is 3.67. The van der Waals surface area contributed by atoms with Gasteiger partial charge in [0.1, 0.15) is 11.4 Å². The van der Waals surface area contributed by atoms with Gasteiger partial charge < -0.3 is 9.64 Å². The molecule has 6 rings (SSSR count). The molecular weight excluding hydrogens is 222 g/mol. The quantitative estimate of drug-likeness (QED) is 0.691. The zero-order chi connectivity index (χ0) is 11.7. The van der Waals surface area contributed by atoms with Crippen molar-refractivity contribution >= 4 is 0 Å². The lowest BCUT2D eigenvalue weighted by Crippen LogP contribution is -2.68. The van der Waals surface area contributed by atoms with Crippen LogP contribution >= 0.6 is 0 Å². The highest BCUT2D eigenvalue weighted by Gasteiger charge is 2.60. The Labute approximate surface area is 108 Å². The molecule has 3 unspecified atom stereocenters. The normalized spacial score (nSPS) is 47.3. The van der Waals surface area contributed by atoms with Gasteiger partial charge in [-0.25, -0.2) is 0 Å². The Morgan fingerprint density at radius 3 is 2.56 bits per heavy atom. The number of rotatable bonds is 0. The first-order valence-corrected chi connectivity index (χ1v) is 7.33. The van der Waals surface area contributed by atoms with E-state index in [2.05, 4.69) is 29.2 Å². The first-order valence-electron chi connectivity index (χ1n) is 7.33. The molecule has 0 N–H and O–H groups in total. The zero-order valence-electron chi connectivity index (χ0n) is 10.6. The number of para-hydroxylation sites is 1. The van der Waals surface area contributed by atoms with E-state index in [1.165, 1.54) is 50.2 Å². The lowest BCUT2D eigenvalue weighted by molar-refractivity contribution is -0.158. The fourth-order valence-corrected chi connectivity index (χ4v) is 5.20. The summed E-state index contributed by atoms with van der Waals surface area (Å²) >= 11 is 0. The molecule has 2 nitrogen and oxygen atoms in total. The number of hydrogen-bond acceptors (Lipinski definition) is 2. The topological polar surface area (TPSA) is 12.5 Å². The van der Waals surface area contributed by atoms with Crippen molar-refractivity contribution in [3.05, 3.63) is 29.8 Å². The van der Waals surface area contributed by atoms with Crippen LogP contribution in [0.2, 0.25) is 0 Å². The molecule has 0 amide bonds. The maximum absolute atomic E-state index is 6.54. The molecule has 3 saturated heterocycles. The van der Waals surface area contributed by atoms with Crippen molar-refractivity contribution in [2.75, 3.05) is 19.6 Å². The Bertz CT molecular complexity index is 455. The minimum atomic E-state index is 0.164. The van der Waals surface area contributed by atoms with Gasteiger partial charge in [-0.2, -0.15) is 0 Å². The zero-order valence-corrected chi connectivity index (χ0v) is 10.6. The summed E-state index contributed by atoms with van der Waals surface area (Å²) in [5, 5.41) is 0. The van der Waals surface area contributed by atoms with E-state index in [1.54, 1.807) is 0 Å². The van der Waals surface area contributed by atoms with Crippen molar-refractivity contribution in [2.45, 2.75) is 24.9 Å². The van der Waals surface area contributed by atoms with Gasteiger partial charge in [-0.05, 0) is 30.4 Å². The molecule has 94 valence electrons. The molecule has 5 aliphatic rings. The van der Waals surface area contributed by atoms with Crippen LogP contribution in [-0.2, 0) is 6.42 Å². The van der Waals surface area contributed by atoms with Gasteiger partial charge in [0.25, 0.3) is 0 Å². The molecule has 4 aliphatic heterocycles. The second-order valence-electron chi connectivity index (χ2n) is 6.79. The predicted molar refractivity (Wildman–Crippen MR) is 69.6 cm³/mol. The van der Waals surface area contributed by atoms with Crippen LogP contribution in [0.4, 0.5) is 0 Å². The summed E-state index contributed by atoms with van der Waals surface area (Å²) in [6.45, 7) is 3.91. The third-order valence-corrected chi connectivity index (χ3v) is 5.83. The molecule has 1 aliphatic carbocycles. The highest BCUT2D eigenvalue weighted by molar-refractivity contribution is 5.40. The summed E-state index contributed by atoms with van der Waals surface area (Å²) in [4.78, 5) is 2.69. The molecule has 1 saturated carbocycles. The van der Waals surface area contributed by atoms with Gasteiger partial charge in [0, 0.05) is 37.9 Å². The molecule has 1 aromatic rings.